The maximum absolute atomic E-state index is 13.0. The second-order valence-corrected chi connectivity index (χ2v) is 3.32. The second-order valence-electron chi connectivity index (χ2n) is 2.47. The molecular weight excluding hydrogens is 268 g/mol. The highest BCUT2D eigenvalue weighted by atomic mass is 79.9. The van der Waals surface area contributed by atoms with E-state index in [0.29, 0.717) is 6.07 Å². The molecule has 1 rings (SSSR count). The molecule has 78 valence electrons. The summed E-state index contributed by atoms with van der Waals surface area (Å²) in [5, 5.41) is 0. The predicted molar refractivity (Wildman–Crippen MR) is 45.7 cm³/mol. The van der Waals surface area contributed by atoms with Crippen LogP contribution >= 0.6 is 15.9 Å². The molecule has 0 bridgehead atoms. The van der Waals surface area contributed by atoms with Crippen LogP contribution in [-0.4, -0.2) is 7.11 Å². The molecular formula is C8H5BrF4O. The van der Waals surface area contributed by atoms with Crippen molar-refractivity contribution in [2.75, 3.05) is 7.11 Å². The summed E-state index contributed by atoms with van der Waals surface area (Å²) in [4.78, 5) is 0. The van der Waals surface area contributed by atoms with Gasteiger partial charge in [-0.25, -0.2) is 4.39 Å². The standard InChI is InChI=1S/C8H5BrF4O/c1-14-4-2-5(8(11,12)13)7(10)6(9)3-4/h2-3H,1H3. The Bertz CT molecular complexity index is 348. The summed E-state index contributed by atoms with van der Waals surface area (Å²) in [5.41, 5.74) is -1.34. The van der Waals surface area contributed by atoms with Gasteiger partial charge in [0.15, 0.2) is 0 Å². The molecule has 0 saturated heterocycles. The number of rotatable bonds is 1. The Labute approximate surface area is 85.8 Å². The fourth-order valence-corrected chi connectivity index (χ4v) is 1.33. The third kappa shape index (κ3) is 2.17. The predicted octanol–water partition coefficient (Wildman–Crippen LogP) is 3.62. The molecule has 1 aromatic carbocycles. The molecule has 0 radical (unpaired) electrons. The number of benzene rings is 1. The number of ether oxygens (including phenoxy) is 1. The minimum absolute atomic E-state index is 0.0504. The Morgan fingerprint density at radius 1 is 1.29 bits per heavy atom. The lowest BCUT2D eigenvalue weighted by atomic mass is 10.2. The first kappa shape index (κ1) is 11.3. The summed E-state index contributed by atoms with van der Waals surface area (Å²) in [5.74, 6) is -1.39. The maximum Gasteiger partial charge on any atom is 0.419 e. The molecule has 0 saturated carbocycles. The van der Waals surface area contributed by atoms with Gasteiger partial charge in [-0.1, -0.05) is 0 Å². The van der Waals surface area contributed by atoms with Gasteiger partial charge in [0, 0.05) is 0 Å². The number of hydrogen-bond donors (Lipinski definition) is 0. The molecule has 1 aromatic rings. The van der Waals surface area contributed by atoms with Crippen LogP contribution in [0, 0.1) is 5.82 Å². The average molecular weight is 273 g/mol. The van der Waals surface area contributed by atoms with Gasteiger partial charge in [0.1, 0.15) is 11.6 Å². The highest BCUT2D eigenvalue weighted by Crippen LogP contribution is 2.36. The van der Waals surface area contributed by atoms with E-state index >= 15 is 0 Å². The molecule has 0 aliphatic carbocycles. The molecule has 14 heavy (non-hydrogen) atoms. The van der Waals surface area contributed by atoms with Crippen molar-refractivity contribution in [2.45, 2.75) is 6.18 Å². The SMILES string of the molecule is COc1cc(Br)c(F)c(C(F)(F)F)c1. The molecule has 0 aliphatic rings. The molecule has 0 aliphatic heterocycles. The van der Waals surface area contributed by atoms with Gasteiger partial charge in [0.25, 0.3) is 0 Å². The van der Waals surface area contributed by atoms with Gasteiger partial charge in [0.05, 0.1) is 17.1 Å². The van der Waals surface area contributed by atoms with E-state index in [1.54, 1.807) is 0 Å². The average Bonchev–Trinajstić information content (AvgIpc) is 2.07. The molecule has 6 heteroatoms. The van der Waals surface area contributed by atoms with Crippen LogP contribution in [0.25, 0.3) is 0 Å². The molecule has 0 fully saturated rings. The van der Waals surface area contributed by atoms with Crippen molar-refractivity contribution in [3.8, 4) is 5.75 Å². The lowest BCUT2D eigenvalue weighted by Crippen LogP contribution is -2.08. The summed E-state index contributed by atoms with van der Waals surface area (Å²) >= 11 is 2.68. The zero-order valence-corrected chi connectivity index (χ0v) is 8.54. The Balaban J connectivity index is 3.35. The second kappa shape index (κ2) is 3.76. The summed E-state index contributed by atoms with van der Waals surface area (Å²) in [6, 6.07) is 1.74. The summed E-state index contributed by atoms with van der Waals surface area (Å²) in [6.45, 7) is 0. The van der Waals surface area contributed by atoms with E-state index in [4.69, 9.17) is 0 Å². The molecule has 0 N–H and O–H groups in total. The molecule has 0 unspecified atom stereocenters. The van der Waals surface area contributed by atoms with Gasteiger partial charge in [-0.2, -0.15) is 13.2 Å². The van der Waals surface area contributed by atoms with Gasteiger partial charge in [-0.15, -0.1) is 0 Å². The van der Waals surface area contributed by atoms with Crippen LogP contribution in [0.2, 0.25) is 0 Å². The Kier molecular flexibility index (Phi) is 3.04. The highest BCUT2D eigenvalue weighted by Gasteiger charge is 2.35. The van der Waals surface area contributed by atoms with Crippen molar-refractivity contribution in [3.05, 3.63) is 28.0 Å². The quantitative estimate of drug-likeness (QED) is 0.710. The van der Waals surface area contributed by atoms with Crippen molar-refractivity contribution in [3.63, 3.8) is 0 Å². The third-order valence-electron chi connectivity index (χ3n) is 1.54. The van der Waals surface area contributed by atoms with Crippen LogP contribution in [0.3, 0.4) is 0 Å². The molecule has 1 nitrogen and oxygen atoms in total. The van der Waals surface area contributed by atoms with Crippen LogP contribution in [-0.2, 0) is 6.18 Å². The summed E-state index contributed by atoms with van der Waals surface area (Å²) in [6.07, 6.45) is -4.72. The van der Waals surface area contributed by atoms with Gasteiger partial charge in [-0.05, 0) is 28.1 Å². The Morgan fingerprint density at radius 2 is 1.86 bits per heavy atom. The molecule has 0 aromatic heterocycles. The first-order valence-electron chi connectivity index (χ1n) is 3.46. The van der Waals surface area contributed by atoms with Gasteiger partial charge in [0.2, 0.25) is 0 Å². The molecule has 0 spiro atoms. The van der Waals surface area contributed by atoms with E-state index in [-0.39, 0.29) is 10.2 Å². The van der Waals surface area contributed by atoms with E-state index in [1.807, 2.05) is 0 Å². The maximum atomic E-state index is 13.0. The zero-order chi connectivity index (χ0) is 10.9. The lowest BCUT2D eigenvalue weighted by molar-refractivity contribution is -0.140. The Morgan fingerprint density at radius 3 is 2.29 bits per heavy atom. The van der Waals surface area contributed by atoms with Crippen molar-refractivity contribution in [2.24, 2.45) is 0 Å². The first-order chi connectivity index (χ1) is 6.36. The monoisotopic (exact) mass is 272 g/mol. The van der Waals surface area contributed by atoms with Crippen LogP contribution < -0.4 is 4.74 Å². The summed E-state index contributed by atoms with van der Waals surface area (Å²) in [7, 11) is 1.21. The fourth-order valence-electron chi connectivity index (χ4n) is 0.888. The lowest BCUT2D eigenvalue weighted by Gasteiger charge is -2.10. The van der Waals surface area contributed by atoms with E-state index < -0.39 is 17.6 Å². The van der Waals surface area contributed by atoms with Gasteiger partial charge >= 0.3 is 6.18 Å². The van der Waals surface area contributed by atoms with E-state index in [1.165, 1.54) is 7.11 Å². The van der Waals surface area contributed by atoms with Crippen LogP contribution in [0.4, 0.5) is 17.6 Å². The molecule has 0 heterocycles. The van der Waals surface area contributed by atoms with Crippen molar-refractivity contribution >= 4 is 15.9 Å². The fraction of sp³-hybridized carbons (Fsp3) is 0.250. The van der Waals surface area contributed by atoms with E-state index in [9.17, 15) is 17.6 Å². The molecule has 0 amide bonds. The van der Waals surface area contributed by atoms with Gasteiger partial charge < -0.3 is 4.74 Å². The summed E-state index contributed by atoms with van der Waals surface area (Å²) < 4.78 is 54.0. The topological polar surface area (TPSA) is 9.23 Å². The third-order valence-corrected chi connectivity index (χ3v) is 2.12. The minimum atomic E-state index is -4.72. The Hall–Kier alpha value is -0.780. The van der Waals surface area contributed by atoms with Crippen LogP contribution in [0.1, 0.15) is 5.56 Å². The largest absolute Gasteiger partial charge is 0.497 e. The highest BCUT2D eigenvalue weighted by molar-refractivity contribution is 9.10. The van der Waals surface area contributed by atoms with E-state index in [2.05, 4.69) is 20.7 Å². The number of methoxy groups -OCH3 is 1. The van der Waals surface area contributed by atoms with Crippen LogP contribution in [0.15, 0.2) is 16.6 Å². The van der Waals surface area contributed by atoms with Crippen molar-refractivity contribution in [1.29, 1.82) is 0 Å². The van der Waals surface area contributed by atoms with Crippen molar-refractivity contribution in [1.82, 2.24) is 0 Å². The number of halogens is 5. The number of hydrogen-bond acceptors (Lipinski definition) is 1. The van der Waals surface area contributed by atoms with E-state index in [0.717, 1.165) is 6.07 Å². The van der Waals surface area contributed by atoms with Crippen molar-refractivity contribution < 1.29 is 22.3 Å². The number of alkyl halides is 3. The van der Waals surface area contributed by atoms with Crippen LogP contribution in [0.5, 0.6) is 5.75 Å². The van der Waals surface area contributed by atoms with Gasteiger partial charge in [-0.3, -0.25) is 0 Å². The zero-order valence-electron chi connectivity index (χ0n) is 6.95. The first-order valence-corrected chi connectivity index (χ1v) is 4.25. The smallest absolute Gasteiger partial charge is 0.419 e. The molecule has 0 atom stereocenters. The normalized spacial score (nSPS) is 11.6. The minimum Gasteiger partial charge on any atom is -0.497 e.